The Balaban J connectivity index is 2.28. The molecule has 0 spiro atoms. The van der Waals surface area contributed by atoms with E-state index in [0.29, 0.717) is 5.69 Å². The Bertz CT molecular complexity index is 754. The highest BCUT2D eigenvalue weighted by Gasteiger charge is 2.19. The number of imidazole rings is 1. The van der Waals surface area contributed by atoms with Crippen molar-refractivity contribution in [2.24, 2.45) is 0 Å². The molecule has 3 heteroatoms. The van der Waals surface area contributed by atoms with E-state index in [1.54, 1.807) is 0 Å². The molecule has 0 saturated carbocycles. The van der Waals surface area contributed by atoms with Crippen molar-refractivity contribution in [1.29, 1.82) is 0 Å². The van der Waals surface area contributed by atoms with Gasteiger partial charge in [-0.25, -0.2) is 4.98 Å². The molecule has 0 bridgehead atoms. The minimum atomic E-state index is 0.655. The molecule has 0 saturated heterocycles. The smallest absolute Gasteiger partial charge is 0.285 e. The number of hydrogen-bond donors (Lipinski definition) is 1. The number of fused-ring (bicyclic) bond motifs is 1. The molecule has 1 aromatic carbocycles. The SMILES string of the molecule is Cc1ccc(-c2[nH]c3ccc(C)c[n+]3c2C=O)cc1. The van der Waals surface area contributed by atoms with Gasteiger partial charge in [-0.15, -0.1) is 0 Å². The van der Waals surface area contributed by atoms with Gasteiger partial charge in [0.05, 0.1) is 6.20 Å². The van der Waals surface area contributed by atoms with Crippen molar-refractivity contribution < 1.29 is 9.20 Å². The van der Waals surface area contributed by atoms with Gasteiger partial charge in [0.2, 0.25) is 5.69 Å². The van der Waals surface area contributed by atoms with Gasteiger partial charge in [-0.2, -0.15) is 4.40 Å². The monoisotopic (exact) mass is 251 g/mol. The molecule has 3 rings (SSSR count). The van der Waals surface area contributed by atoms with E-state index < -0.39 is 0 Å². The maximum absolute atomic E-state index is 11.4. The minimum Gasteiger partial charge on any atom is -0.294 e. The molecule has 3 aromatic rings. The van der Waals surface area contributed by atoms with Crippen LogP contribution in [0, 0.1) is 13.8 Å². The molecular formula is C16H15N2O+. The van der Waals surface area contributed by atoms with Crippen LogP contribution in [0.5, 0.6) is 0 Å². The Morgan fingerprint density at radius 1 is 1.00 bits per heavy atom. The summed E-state index contributed by atoms with van der Waals surface area (Å²) in [6, 6.07) is 12.2. The van der Waals surface area contributed by atoms with Crippen molar-refractivity contribution in [1.82, 2.24) is 4.98 Å². The number of hydrogen-bond acceptors (Lipinski definition) is 1. The van der Waals surface area contributed by atoms with Gasteiger partial charge in [-0.3, -0.25) is 4.79 Å². The molecule has 0 atom stereocenters. The molecule has 0 aliphatic carbocycles. The van der Waals surface area contributed by atoms with Gasteiger partial charge in [0.15, 0.2) is 12.0 Å². The molecule has 0 unspecified atom stereocenters. The van der Waals surface area contributed by atoms with Crippen LogP contribution >= 0.6 is 0 Å². The summed E-state index contributed by atoms with van der Waals surface area (Å²) < 4.78 is 1.90. The van der Waals surface area contributed by atoms with Gasteiger partial charge in [-0.1, -0.05) is 29.8 Å². The lowest BCUT2D eigenvalue weighted by Gasteiger charge is -1.96. The summed E-state index contributed by atoms with van der Waals surface area (Å²) in [4.78, 5) is 14.7. The number of aryl methyl sites for hydroxylation is 2. The topological polar surface area (TPSA) is 37.0 Å². The van der Waals surface area contributed by atoms with Gasteiger partial charge in [0.25, 0.3) is 5.65 Å². The van der Waals surface area contributed by atoms with Crippen LogP contribution in [0.4, 0.5) is 0 Å². The number of carbonyl (C=O) groups is 1. The number of H-pyrrole nitrogens is 1. The third-order valence-corrected chi connectivity index (χ3v) is 3.32. The zero-order valence-electron chi connectivity index (χ0n) is 11.0. The van der Waals surface area contributed by atoms with Crippen LogP contribution in [0.2, 0.25) is 0 Å². The van der Waals surface area contributed by atoms with Gasteiger partial charge in [0.1, 0.15) is 0 Å². The number of aldehydes is 1. The first-order chi connectivity index (χ1) is 9.19. The number of nitrogens with one attached hydrogen (secondary N) is 1. The van der Waals surface area contributed by atoms with Gasteiger partial charge < -0.3 is 0 Å². The second-order valence-corrected chi connectivity index (χ2v) is 4.83. The highest BCUT2D eigenvalue weighted by atomic mass is 16.1. The fourth-order valence-electron chi connectivity index (χ4n) is 2.28. The number of benzene rings is 1. The minimum absolute atomic E-state index is 0.655. The number of aromatic nitrogens is 2. The first-order valence-electron chi connectivity index (χ1n) is 6.25. The quantitative estimate of drug-likeness (QED) is 0.552. The standard InChI is InChI=1S/C16H14N2O/c1-11-3-6-13(7-4-11)16-14(10-19)18-9-12(2)5-8-15(18)17-16/h3-10H,1-2H3/p+1. The Morgan fingerprint density at radius 2 is 1.68 bits per heavy atom. The number of nitrogens with zero attached hydrogens (tertiary/aromatic N) is 1. The van der Waals surface area contributed by atoms with E-state index in [9.17, 15) is 4.79 Å². The molecule has 0 aliphatic heterocycles. The van der Waals surface area contributed by atoms with Crippen LogP contribution in [0.1, 0.15) is 21.6 Å². The predicted octanol–water partition coefficient (Wildman–Crippen LogP) is 2.85. The van der Waals surface area contributed by atoms with Crippen LogP contribution in [0.3, 0.4) is 0 Å². The molecule has 2 aromatic heterocycles. The van der Waals surface area contributed by atoms with Crippen LogP contribution in [-0.4, -0.2) is 11.3 Å². The first-order valence-corrected chi connectivity index (χ1v) is 6.25. The summed E-state index contributed by atoms with van der Waals surface area (Å²) in [6.07, 6.45) is 2.87. The van der Waals surface area contributed by atoms with Crippen LogP contribution in [-0.2, 0) is 0 Å². The van der Waals surface area contributed by atoms with Gasteiger partial charge >= 0.3 is 0 Å². The number of rotatable bonds is 2. The van der Waals surface area contributed by atoms with E-state index in [-0.39, 0.29) is 0 Å². The molecule has 1 N–H and O–H groups in total. The van der Waals surface area contributed by atoms with E-state index >= 15 is 0 Å². The fraction of sp³-hybridized carbons (Fsp3) is 0.125. The summed E-state index contributed by atoms with van der Waals surface area (Å²) in [6.45, 7) is 4.06. The molecule has 94 valence electrons. The molecule has 3 nitrogen and oxygen atoms in total. The molecule has 0 fully saturated rings. The van der Waals surface area contributed by atoms with Crippen molar-refractivity contribution in [3.63, 3.8) is 0 Å². The zero-order valence-corrected chi connectivity index (χ0v) is 11.0. The van der Waals surface area contributed by atoms with E-state index in [2.05, 4.69) is 4.98 Å². The maximum atomic E-state index is 11.4. The maximum Gasteiger partial charge on any atom is 0.285 e. The fourth-order valence-corrected chi connectivity index (χ4v) is 2.28. The third-order valence-electron chi connectivity index (χ3n) is 3.32. The number of aromatic amines is 1. The highest BCUT2D eigenvalue weighted by Crippen LogP contribution is 2.20. The van der Waals surface area contributed by atoms with Crippen LogP contribution < -0.4 is 4.40 Å². The van der Waals surface area contributed by atoms with E-state index in [4.69, 9.17) is 0 Å². The number of carbonyl (C=O) groups excluding carboxylic acids is 1. The first kappa shape index (κ1) is 11.7. The normalized spacial score (nSPS) is 10.8. The summed E-state index contributed by atoms with van der Waals surface area (Å²) in [5.41, 5.74) is 5.78. The lowest BCUT2D eigenvalue weighted by Crippen LogP contribution is -2.24. The van der Waals surface area contributed by atoms with Crippen molar-refractivity contribution in [3.05, 3.63) is 59.4 Å². The van der Waals surface area contributed by atoms with Crippen molar-refractivity contribution >= 4 is 11.9 Å². The summed E-state index contributed by atoms with van der Waals surface area (Å²) in [5.74, 6) is 0. The van der Waals surface area contributed by atoms with Gasteiger partial charge in [0, 0.05) is 11.6 Å². The Kier molecular flexibility index (Phi) is 2.67. The Hall–Kier alpha value is -2.42. The average molecular weight is 251 g/mol. The van der Waals surface area contributed by atoms with E-state index in [1.165, 1.54) is 5.56 Å². The van der Waals surface area contributed by atoms with E-state index in [1.807, 2.05) is 60.8 Å². The molecule has 19 heavy (non-hydrogen) atoms. The molecule has 0 aliphatic rings. The molecular weight excluding hydrogens is 236 g/mol. The Morgan fingerprint density at radius 3 is 2.37 bits per heavy atom. The van der Waals surface area contributed by atoms with Gasteiger partial charge in [-0.05, 0) is 25.5 Å². The summed E-state index contributed by atoms with van der Waals surface area (Å²) >= 11 is 0. The molecule has 0 radical (unpaired) electrons. The third kappa shape index (κ3) is 1.93. The lowest BCUT2D eigenvalue weighted by molar-refractivity contribution is -0.512. The molecule has 2 heterocycles. The Labute approximate surface area is 111 Å². The van der Waals surface area contributed by atoms with Crippen LogP contribution in [0.15, 0.2) is 42.6 Å². The molecule has 0 amide bonds. The lowest BCUT2D eigenvalue weighted by atomic mass is 10.1. The second kappa shape index (κ2) is 4.35. The highest BCUT2D eigenvalue weighted by molar-refractivity contribution is 5.82. The van der Waals surface area contributed by atoms with Crippen molar-refractivity contribution in [2.45, 2.75) is 13.8 Å². The number of pyridine rings is 1. The van der Waals surface area contributed by atoms with Crippen molar-refractivity contribution in [2.75, 3.05) is 0 Å². The summed E-state index contributed by atoms with van der Waals surface area (Å²) in [7, 11) is 0. The van der Waals surface area contributed by atoms with Crippen molar-refractivity contribution in [3.8, 4) is 11.3 Å². The largest absolute Gasteiger partial charge is 0.294 e. The second-order valence-electron chi connectivity index (χ2n) is 4.83. The average Bonchev–Trinajstić information content (AvgIpc) is 2.77. The van der Waals surface area contributed by atoms with E-state index in [0.717, 1.165) is 28.8 Å². The van der Waals surface area contributed by atoms with Crippen LogP contribution in [0.25, 0.3) is 16.9 Å². The predicted molar refractivity (Wildman–Crippen MR) is 74.3 cm³/mol. The zero-order chi connectivity index (χ0) is 13.4. The summed E-state index contributed by atoms with van der Waals surface area (Å²) in [5, 5.41) is 0.